The van der Waals surface area contributed by atoms with Gasteiger partial charge in [-0.3, -0.25) is 4.79 Å². The van der Waals surface area contributed by atoms with Crippen LogP contribution >= 0.6 is 11.3 Å². The Labute approximate surface area is 173 Å². The average Bonchev–Trinajstić information content (AvgIpc) is 3.06. The first kappa shape index (κ1) is 17.6. The molecule has 0 spiro atoms. The lowest BCUT2D eigenvalue weighted by molar-refractivity contribution is -0.0249. The standard InChI is InChI=1S/C25H23FO2S/c26-18-3-1-15(2-4-18)23-20-6-5-19(27)12-21(20)29-25(23)24(28)22-16-8-13-7-14(10-16)11-17(22)9-13/h1-6,12-14,16-17,22,27H,7-11H2. The van der Waals surface area contributed by atoms with Crippen LogP contribution in [0, 0.1) is 35.4 Å². The summed E-state index contributed by atoms with van der Waals surface area (Å²) in [5, 5.41) is 10.9. The molecule has 7 rings (SSSR count). The number of benzene rings is 2. The number of carbonyl (C=O) groups excluding carboxylic acids is 1. The Kier molecular flexibility index (Phi) is 3.89. The number of carbonyl (C=O) groups is 1. The molecule has 148 valence electrons. The number of hydrogen-bond donors (Lipinski definition) is 1. The van der Waals surface area contributed by atoms with Gasteiger partial charge in [0.2, 0.25) is 0 Å². The molecule has 4 aliphatic carbocycles. The molecule has 4 saturated carbocycles. The van der Waals surface area contributed by atoms with Crippen LogP contribution in [0.25, 0.3) is 21.2 Å². The van der Waals surface area contributed by atoms with Crippen molar-refractivity contribution in [2.24, 2.45) is 29.6 Å². The Bertz CT molecular complexity index is 1090. The molecule has 2 aromatic carbocycles. The minimum absolute atomic E-state index is 0.128. The quantitative estimate of drug-likeness (QED) is 0.493. The second kappa shape index (κ2) is 6.40. The van der Waals surface area contributed by atoms with Gasteiger partial charge in [0.05, 0.1) is 4.88 Å². The highest BCUT2D eigenvalue weighted by atomic mass is 32.1. The second-order valence-electron chi connectivity index (χ2n) is 9.31. The van der Waals surface area contributed by atoms with Gasteiger partial charge in [0.15, 0.2) is 5.78 Å². The minimum atomic E-state index is -0.278. The van der Waals surface area contributed by atoms with Crippen LogP contribution in [-0.2, 0) is 0 Å². The van der Waals surface area contributed by atoms with E-state index in [1.165, 1.54) is 55.6 Å². The van der Waals surface area contributed by atoms with E-state index in [0.717, 1.165) is 37.9 Å². The van der Waals surface area contributed by atoms with Gasteiger partial charge in [-0.1, -0.05) is 12.1 Å². The maximum atomic E-state index is 13.9. The molecule has 4 heteroatoms. The summed E-state index contributed by atoms with van der Waals surface area (Å²) in [4.78, 5) is 14.7. The van der Waals surface area contributed by atoms with E-state index in [1.807, 2.05) is 6.07 Å². The number of phenols is 1. The van der Waals surface area contributed by atoms with Gasteiger partial charge in [0.25, 0.3) is 0 Å². The molecule has 0 aliphatic heterocycles. The van der Waals surface area contributed by atoms with Gasteiger partial charge in [0.1, 0.15) is 11.6 Å². The van der Waals surface area contributed by atoms with Gasteiger partial charge in [-0.2, -0.15) is 0 Å². The van der Waals surface area contributed by atoms with E-state index in [0.29, 0.717) is 11.8 Å². The van der Waals surface area contributed by atoms with Crippen LogP contribution < -0.4 is 0 Å². The zero-order valence-corrected chi connectivity index (χ0v) is 16.9. The number of aromatic hydroxyl groups is 1. The molecule has 4 bridgehead atoms. The van der Waals surface area contributed by atoms with Crippen LogP contribution in [0.2, 0.25) is 0 Å². The summed E-state index contributed by atoms with van der Waals surface area (Å²) in [5.74, 6) is 3.05. The number of halogens is 1. The van der Waals surface area contributed by atoms with Crippen molar-refractivity contribution >= 4 is 27.2 Å². The summed E-state index contributed by atoms with van der Waals surface area (Å²) in [6.07, 6.45) is 6.21. The number of ketones is 1. The second-order valence-corrected chi connectivity index (χ2v) is 10.4. The van der Waals surface area contributed by atoms with Gasteiger partial charge < -0.3 is 5.11 Å². The van der Waals surface area contributed by atoms with Crippen molar-refractivity contribution in [1.29, 1.82) is 0 Å². The molecular weight excluding hydrogens is 383 g/mol. The Morgan fingerprint density at radius 3 is 2.24 bits per heavy atom. The van der Waals surface area contributed by atoms with Crippen molar-refractivity contribution in [2.75, 3.05) is 0 Å². The number of thiophene rings is 1. The summed E-state index contributed by atoms with van der Waals surface area (Å²) in [7, 11) is 0. The molecule has 0 amide bonds. The minimum Gasteiger partial charge on any atom is -0.508 e. The molecule has 0 saturated heterocycles. The van der Waals surface area contributed by atoms with Crippen LogP contribution in [0.4, 0.5) is 4.39 Å². The molecule has 4 aliphatic rings. The topological polar surface area (TPSA) is 37.3 Å². The lowest BCUT2D eigenvalue weighted by atomic mass is 9.51. The third-order valence-electron chi connectivity index (χ3n) is 7.56. The zero-order chi connectivity index (χ0) is 19.7. The maximum absolute atomic E-state index is 13.9. The van der Waals surface area contributed by atoms with Crippen LogP contribution in [0.1, 0.15) is 41.8 Å². The predicted octanol–water partition coefficient (Wildman–Crippen LogP) is 6.67. The SMILES string of the molecule is O=C(c1sc2cc(O)ccc2c1-c1ccc(F)cc1)C1C2CC3CC(C2)CC1C3. The largest absolute Gasteiger partial charge is 0.508 e. The molecule has 0 radical (unpaired) electrons. The lowest BCUT2D eigenvalue weighted by Crippen LogP contribution is -2.47. The molecule has 2 nitrogen and oxygen atoms in total. The van der Waals surface area contributed by atoms with Crippen LogP contribution in [-0.4, -0.2) is 10.9 Å². The molecule has 29 heavy (non-hydrogen) atoms. The fraction of sp³-hybridized carbons (Fsp3) is 0.400. The molecule has 3 aromatic rings. The van der Waals surface area contributed by atoms with Crippen LogP contribution in [0.15, 0.2) is 42.5 Å². The molecule has 0 unspecified atom stereocenters. The van der Waals surface area contributed by atoms with E-state index in [4.69, 9.17) is 0 Å². The van der Waals surface area contributed by atoms with Crippen LogP contribution in [0.3, 0.4) is 0 Å². The molecule has 0 atom stereocenters. The van der Waals surface area contributed by atoms with Gasteiger partial charge in [0, 0.05) is 21.6 Å². The molecule has 1 N–H and O–H groups in total. The average molecular weight is 407 g/mol. The van der Waals surface area contributed by atoms with Crippen molar-refractivity contribution < 1.29 is 14.3 Å². The van der Waals surface area contributed by atoms with E-state index in [2.05, 4.69) is 0 Å². The van der Waals surface area contributed by atoms with E-state index in [1.54, 1.807) is 24.3 Å². The summed E-state index contributed by atoms with van der Waals surface area (Å²) >= 11 is 1.49. The molecule has 4 fully saturated rings. The fourth-order valence-electron chi connectivity index (χ4n) is 6.67. The number of phenolic OH excluding ortho intramolecular Hbond substituents is 1. The smallest absolute Gasteiger partial charge is 0.177 e. The van der Waals surface area contributed by atoms with Gasteiger partial charge in [-0.15, -0.1) is 11.3 Å². The van der Waals surface area contributed by atoms with Gasteiger partial charge in [-0.25, -0.2) is 4.39 Å². The number of rotatable bonds is 3. The first-order valence-corrected chi connectivity index (χ1v) is 11.4. The zero-order valence-electron chi connectivity index (χ0n) is 16.1. The van der Waals surface area contributed by atoms with Crippen molar-refractivity contribution in [1.82, 2.24) is 0 Å². The highest BCUT2D eigenvalue weighted by Gasteiger charge is 2.51. The third-order valence-corrected chi connectivity index (χ3v) is 8.73. The first-order valence-electron chi connectivity index (χ1n) is 10.6. The molecule has 1 aromatic heterocycles. The van der Waals surface area contributed by atoms with E-state index in [-0.39, 0.29) is 23.3 Å². The van der Waals surface area contributed by atoms with Crippen molar-refractivity contribution in [3.63, 3.8) is 0 Å². The molecule has 1 heterocycles. The number of Topliss-reactive ketones (excluding diaryl/α,β-unsaturated/α-hetero) is 1. The fourth-order valence-corrected chi connectivity index (χ4v) is 7.91. The van der Waals surface area contributed by atoms with Crippen molar-refractivity contribution in [2.45, 2.75) is 32.1 Å². The van der Waals surface area contributed by atoms with Gasteiger partial charge in [-0.05, 0) is 91.7 Å². The summed E-state index contributed by atoms with van der Waals surface area (Å²) in [6.45, 7) is 0. The van der Waals surface area contributed by atoms with E-state index < -0.39 is 0 Å². The molecular formula is C25H23FO2S. The van der Waals surface area contributed by atoms with E-state index >= 15 is 0 Å². The number of fused-ring (bicyclic) bond motifs is 1. The van der Waals surface area contributed by atoms with Crippen LogP contribution in [0.5, 0.6) is 5.75 Å². The lowest BCUT2D eigenvalue weighted by Gasteiger charge is -2.53. The van der Waals surface area contributed by atoms with Crippen molar-refractivity contribution in [3.05, 3.63) is 53.2 Å². The Morgan fingerprint density at radius 2 is 1.59 bits per heavy atom. The Balaban J connectivity index is 1.49. The first-order chi connectivity index (χ1) is 14.1. The summed E-state index contributed by atoms with van der Waals surface area (Å²) in [5.41, 5.74) is 1.78. The van der Waals surface area contributed by atoms with E-state index in [9.17, 15) is 14.3 Å². The summed E-state index contributed by atoms with van der Waals surface area (Å²) in [6, 6.07) is 11.7. The highest BCUT2D eigenvalue weighted by molar-refractivity contribution is 7.21. The highest BCUT2D eigenvalue weighted by Crippen LogP contribution is 2.58. The maximum Gasteiger partial charge on any atom is 0.177 e. The third kappa shape index (κ3) is 2.76. The monoisotopic (exact) mass is 406 g/mol. The Morgan fingerprint density at radius 1 is 0.931 bits per heavy atom. The van der Waals surface area contributed by atoms with Gasteiger partial charge >= 0.3 is 0 Å². The summed E-state index contributed by atoms with van der Waals surface area (Å²) < 4.78 is 14.5. The Hall–Kier alpha value is -2.20. The number of hydrogen-bond acceptors (Lipinski definition) is 3. The van der Waals surface area contributed by atoms with Crippen molar-refractivity contribution in [3.8, 4) is 16.9 Å². The predicted molar refractivity (Wildman–Crippen MR) is 114 cm³/mol. The normalized spacial score (nSPS) is 30.2.